The van der Waals surface area contributed by atoms with Crippen molar-refractivity contribution in [3.8, 4) is 11.8 Å². The van der Waals surface area contributed by atoms with E-state index in [0.29, 0.717) is 17.2 Å². The molecule has 0 unspecified atom stereocenters. The second kappa shape index (κ2) is 5.38. The van der Waals surface area contributed by atoms with Gasteiger partial charge in [-0.1, -0.05) is 24.6 Å². The van der Waals surface area contributed by atoms with Crippen LogP contribution in [-0.4, -0.2) is 5.97 Å². The Morgan fingerprint density at radius 1 is 1.60 bits per heavy atom. The van der Waals surface area contributed by atoms with E-state index in [2.05, 4.69) is 0 Å². The van der Waals surface area contributed by atoms with Gasteiger partial charge in [-0.25, -0.2) is 0 Å². The summed E-state index contributed by atoms with van der Waals surface area (Å²) >= 11 is 5.93. The minimum Gasteiger partial charge on any atom is -0.425 e. The van der Waals surface area contributed by atoms with Crippen molar-refractivity contribution in [2.75, 3.05) is 0 Å². The Hall–Kier alpha value is -1.53. The minimum atomic E-state index is -0.561. The van der Waals surface area contributed by atoms with Gasteiger partial charge in [-0.3, -0.25) is 4.79 Å². The topological polar surface area (TPSA) is 50.1 Å². The van der Waals surface area contributed by atoms with Crippen molar-refractivity contribution >= 4 is 17.6 Å². The Bertz CT molecular complexity index is 410. The average Bonchev–Trinajstić information content (AvgIpc) is 2.18. The van der Waals surface area contributed by atoms with E-state index < -0.39 is 5.97 Å². The molecule has 0 fully saturated rings. The molecule has 15 heavy (non-hydrogen) atoms. The van der Waals surface area contributed by atoms with Gasteiger partial charge in [0.05, 0.1) is 6.07 Å². The molecular formula is C11H10ClNO2. The second-order valence-corrected chi connectivity index (χ2v) is 3.29. The molecule has 0 aliphatic rings. The van der Waals surface area contributed by atoms with E-state index in [-0.39, 0.29) is 6.42 Å². The molecule has 0 bridgehead atoms. The first-order valence-electron chi connectivity index (χ1n) is 4.54. The molecule has 0 radical (unpaired) electrons. The van der Waals surface area contributed by atoms with Gasteiger partial charge in [-0.15, -0.1) is 0 Å². The zero-order valence-corrected chi connectivity index (χ0v) is 9.04. The smallest absolute Gasteiger partial charge is 0.325 e. The highest BCUT2D eigenvalue weighted by atomic mass is 35.5. The van der Waals surface area contributed by atoms with Crippen LogP contribution in [0.25, 0.3) is 0 Å². The molecule has 1 aromatic rings. The monoisotopic (exact) mass is 223 g/mol. The summed E-state index contributed by atoms with van der Waals surface area (Å²) in [6, 6.07) is 6.84. The minimum absolute atomic E-state index is 0.254. The number of nitrogens with zero attached hydrogens (tertiary/aromatic N) is 1. The van der Waals surface area contributed by atoms with E-state index in [9.17, 15) is 4.79 Å². The van der Waals surface area contributed by atoms with Crippen LogP contribution in [0.1, 0.15) is 18.9 Å². The lowest BCUT2D eigenvalue weighted by Crippen LogP contribution is -2.08. The number of hydrogen-bond acceptors (Lipinski definition) is 3. The number of hydrogen-bond donors (Lipinski definition) is 0. The molecule has 1 aromatic carbocycles. The number of benzene rings is 1. The SMILES string of the molecule is CCc1c(Cl)cccc1OC(=O)CC#N. The summed E-state index contributed by atoms with van der Waals surface area (Å²) in [6.07, 6.45) is 0.421. The van der Waals surface area contributed by atoms with Crippen LogP contribution in [0.5, 0.6) is 5.75 Å². The third kappa shape index (κ3) is 2.97. The van der Waals surface area contributed by atoms with Crippen molar-refractivity contribution in [3.05, 3.63) is 28.8 Å². The predicted octanol–water partition coefficient (Wildman–Crippen LogP) is 2.72. The lowest BCUT2D eigenvalue weighted by atomic mass is 10.1. The number of ether oxygens (including phenoxy) is 1. The lowest BCUT2D eigenvalue weighted by molar-refractivity contribution is -0.133. The van der Waals surface area contributed by atoms with Crippen LogP contribution < -0.4 is 4.74 Å². The van der Waals surface area contributed by atoms with Crippen LogP contribution in [0.2, 0.25) is 5.02 Å². The van der Waals surface area contributed by atoms with Gasteiger partial charge < -0.3 is 4.74 Å². The molecule has 0 aromatic heterocycles. The molecule has 0 amide bonds. The van der Waals surface area contributed by atoms with Crippen molar-refractivity contribution in [1.82, 2.24) is 0 Å². The fraction of sp³-hybridized carbons (Fsp3) is 0.273. The number of carbonyl (C=O) groups excluding carboxylic acids is 1. The van der Waals surface area contributed by atoms with Gasteiger partial charge in [-0.2, -0.15) is 5.26 Å². The molecule has 0 saturated carbocycles. The maximum atomic E-state index is 11.1. The van der Waals surface area contributed by atoms with Crippen LogP contribution >= 0.6 is 11.6 Å². The van der Waals surface area contributed by atoms with Gasteiger partial charge in [0, 0.05) is 10.6 Å². The van der Waals surface area contributed by atoms with E-state index in [1.54, 1.807) is 24.3 Å². The van der Waals surface area contributed by atoms with Crippen LogP contribution in [-0.2, 0) is 11.2 Å². The molecule has 0 heterocycles. The van der Waals surface area contributed by atoms with Crippen molar-refractivity contribution < 1.29 is 9.53 Å². The number of halogens is 1. The Morgan fingerprint density at radius 3 is 2.93 bits per heavy atom. The number of rotatable bonds is 3. The highest BCUT2D eigenvalue weighted by Gasteiger charge is 2.10. The van der Waals surface area contributed by atoms with Crippen molar-refractivity contribution in [1.29, 1.82) is 5.26 Å². The number of esters is 1. The quantitative estimate of drug-likeness (QED) is 0.585. The van der Waals surface area contributed by atoms with E-state index in [4.69, 9.17) is 21.6 Å². The largest absolute Gasteiger partial charge is 0.425 e. The maximum Gasteiger partial charge on any atom is 0.325 e. The molecular weight excluding hydrogens is 214 g/mol. The van der Waals surface area contributed by atoms with Crippen molar-refractivity contribution in [2.45, 2.75) is 19.8 Å². The Labute approximate surface area is 93.2 Å². The van der Waals surface area contributed by atoms with Gasteiger partial charge in [0.15, 0.2) is 0 Å². The maximum absolute atomic E-state index is 11.1. The summed E-state index contributed by atoms with van der Waals surface area (Å²) in [4.78, 5) is 11.1. The summed E-state index contributed by atoms with van der Waals surface area (Å²) in [5.74, 6) is -0.125. The third-order valence-electron chi connectivity index (χ3n) is 1.88. The van der Waals surface area contributed by atoms with Crippen LogP contribution in [0, 0.1) is 11.3 Å². The molecule has 0 saturated heterocycles. The summed E-state index contributed by atoms with van der Waals surface area (Å²) in [5, 5.41) is 8.89. The molecule has 1 rings (SSSR count). The first-order chi connectivity index (χ1) is 7.19. The molecule has 0 atom stereocenters. The highest BCUT2D eigenvalue weighted by molar-refractivity contribution is 6.31. The van der Waals surface area contributed by atoms with Gasteiger partial charge in [-0.05, 0) is 18.6 Å². The van der Waals surface area contributed by atoms with Crippen molar-refractivity contribution in [3.63, 3.8) is 0 Å². The molecule has 3 nitrogen and oxygen atoms in total. The summed E-state index contributed by atoms with van der Waals surface area (Å²) < 4.78 is 5.01. The molecule has 0 aliphatic heterocycles. The standard InChI is InChI=1S/C11H10ClNO2/c1-2-8-9(12)4-3-5-10(8)15-11(14)6-7-13/h3-5H,2,6H2,1H3. The van der Waals surface area contributed by atoms with Crippen LogP contribution in [0.15, 0.2) is 18.2 Å². The molecule has 78 valence electrons. The molecule has 0 N–H and O–H groups in total. The molecule has 4 heteroatoms. The first-order valence-corrected chi connectivity index (χ1v) is 4.91. The summed E-state index contributed by atoms with van der Waals surface area (Å²) in [6.45, 7) is 1.92. The highest BCUT2D eigenvalue weighted by Crippen LogP contribution is 2.26. The average molecular weight is 224 g/mol. The second-order valence-electron chi connectivity index (χ2n) is 2.88. The zero-order chi connectivity index (χ0) is 11.3. The Morgan fingerprint density at radius 2 is 2.33 bits per heavy atom. The molecule has 0 spiro atoms. The van der Waals surface area contributed by atoms with E-state index in [1.807, 2.05) is 6.92 Å². The fourth-order valence-electron chi connectivity index (χ4n) is 1.20. The summed E-state index contributed by atoms with van der Waals surface area (Å²) in [5.41, 5.74) is 0.783. The first kappa shape index (κ1) is 11.5. The van der Waals surface area contributed by atoms with Gasteiger partial charge >= 0.3 is 5.97 Å². The Kier molecular flexibility index (Phi) is 4.14. The number of carbonyl (C=O) groups is 1. The van der Waals surface area contributed by atoms with Crippen LogP contribution in [0.3, 0.4) is 0 Å². The van der Waals surface area contributed by atoms with Gasteiger partial charge in [0.1, 0.15) is 12.2 Å². The molecule has 0 aliphatic carbocycles. The van der Waals surface area contributed by atoms with Crippen molar-refractivity contribution in [2.24, 2.45) is 0 Å². The fourth-order valence-corrected chi connectivity index (χ4v) is 1.50. The number of nitriles is 1. The van der Waals surface area contributed by atoms with E-state index in [0.717, 1.165) is 5.56 Å². The third-order valence-corrected chi connectivity index (χ3v) is 2.23. The lowest BCUT2D eigenvalue weighted by Gasteiger charge is -2.08. The van der Waals surface area contributed by atoms with Gasteiger partial charge in [0.2, 0.25) is 0 Å². The van der Waals surface area contributed by atoms with Gasteiger partial charge in [0.25, 0.3) is 0 Å². The van der Waals surface area contributed by atoms with E-state index in [1.165, 1.54) is 0 Å². The van der Waals surface area contributed by atoms with Crippen LogP contribution in [0.4, 0.5) is 0 Å². The zero-order valence-electron chi connectivity index (χ0n) is 8.29. The normalized spacial score (nSPS) is 9.40. The summed E-state index contributed by atoms with van der Waals surface area (Å²) in [7, 11) is 0. The van der Waals surface area contributed by atoms with E-state index >= 15 is 0 Å². The Balaban J connectivity index is 2.90. The predicted molar refractivity (Wildman–Crippen MR) is 56.7 cm³/mol.